The average molecular weight is 385 g/mol. The SMILES string of the molecule is COc1ccc(/C=C/C(=O)c2cccs2)cc1COc1ccc(Cl)cc1. The highest BCUT2D eigenvalue weighted by molar-refractivity contribution is 7.12. The van der Waals surface area contributed by atoms with Gasteiger partial charge in [-0.15, -0.1) is 11.3 Å². The minimum atomic E-state index is -0.00483. The van der Waals surface area contributed by atoms with Gasteiger partial charge in [0.1, 0.15) is 18.1 Å². The molecule has 3 nitrogen and oxygen atoms in total. The lowest BCUT2D eigenvalue weighted by molar-refractivity contribution is 0.105. The summed E-state index contributed by atoms with van der Waals surface area (Å²) in [6.45, 7) is 0.353. The van der Waals surface area contributed by atoms with Crippen LogP contribution < -0.4 is 9.47 Å². The first-order chi connectivity index (χ1) is 12.7. The number of methoxy groups -OCH3 is 1. The van der Waals surface area contributed by atoms with Crippen LogP contribution in [0.15, 0.2) is 66.1 Å². The predicted octanol–water partition coefficient (Wildman–Crippen LogP) is 5.89. The van der Waals surface area contributed by atoms with E-state index in [1.807, 2.05) is 47.8 Å². The van der Waals surface area contributed by atoms with Crippen LogP contribution in [0, 0.1) is 0 Å². The fourth-order valence-electron chi connectivity index (χ4n) is 2.38. The molecular weight excluding hydrogens is 368 g/mol. The Hall–Kier alpha value is -2.56. The molecule has 0 radical (unpaired) electrons. The molecule has 0 aliphatic carbocycles. The van der Waals surface area contributed by atoms with E-state index in [1.54, 1.807) is 31.4 Å². The van der Waals surface area contributed by atoms with Gasteiger partial charge in [0.15, 0.2) is 5.78 Å². The van der Waals surface area contributed by atoms with E-state index in [2.05, 4.69) is 0 Å². The van der Waals surface area contributed by atoms with E-state index in [0.717, 1.165) is 27.5 Å². The van der Waals surface area contributed by atoms with Gasteiger partial charge in [-0.2, -0.15) is 0 Å². The summed E-state index contributed by atoms with van der Waals surface area (Å²) >= 11 is 7.32. The molecule has 1 aromatic heterocycles. The van der Waals surface area contributed by atoms with Gasteiger partial charge >= 0.3 is 0 Å². The molecule has 0 saturated carbocycles. The second-order valence-corrected chi connectivity index (χ2v) is 6.87. The van der Waals surface area contributed by atoms with Gasteiger partial charge in [-0.05, 0) is 59.5 Å². The highest BCUT2D eigenvalue weighted by atomic mass is 35.5. The predicted molar refractivity (Wildman–Crippen MR) is 106 cm³/mol. The van der Waals surface area contributed by atoms with Crippen molar-refractivity contribution >= 4 is 34.8 Å². The average Bonchev–Trinajstić information content (AvgIpc) is 3.20. The molecule has 0 aliphatic rings. The van der Waals surface area contributed by atoms with Crippen molar-refractivity contribution in [1.82, 2.24) is 0 Å². The standard InChI is InChI=1S/C21H17ClO3S/c1-24-20-11-5-15(4-10-19(23)21-3-2-12-26-21)13-16(20)14-25-18-8-6-17(22)7-9-18/h2-13H,14H2,1H3/b10-4+. The first-order valence-electron chi connectivity index (χ1n) is 7.97. The van der Waals surface area contributed by atoms with E-state index in [0.29, 0.717) is 11.6 Å². The van der Waals surface area contributed by atoms with Crippen molar-refractivity contribution in [2.75, 3.05) is 7.11 Å². The molecule has 0 spiro atoms. The number of ketones is 1. The van der Waals surface area contributed by atoms with E-state index >= 15 is 0 Å². The van der Waals surface area contributed by atoms with Crippen molar-refractivity contribution in [3.63, 3.8) is 0 Å². The summed E-state index contributed by atoms with van der Waals surface area (Å²) in [6.07, 6.45) is 3.38. The van der Waals surface area contributed by atoms with Crippen molar-refractivity contribution < 1.29 is 14.3 Å². The van der Waals surface area contributed by atoms with Gasteiger partial charge in [-0.25, -0.2) is 0 Å². The van der Waals surface area contributed by atoms with Crippen molar-refractivity contribution in [2.24, 2.45) is 0 Å². The van der Waals surface area contributed by atoms with Crippen LogP contribution in [-0.2, 0) is 6.61 Å². The second kappa shape index (κ2) is 8.70. The Morgan fingerprint density at radius 1 is 1.15 bits per heavy atom. The summed E-state index contributed by atoms with van der Waals surface area (Å²) in [5.41, 5.74) is 1.80. The van der Waals surface area contributed by atoms with Gasteiger partial charge < -0.3 is 9.47 Å². The highest BCUT2D eigenvalue weighted by Gasteiger charge is 2.06. The van der Waals surface area contributed by atoms with E-state index in [-0.39, 0.29) is 5.78 Å². The van der Waals surface area contributed by atoms with Gasteiger partial charge in [0, 0.05) is 10.6 Å². The summed E-state index contributed by atoms with van der Waals surface area (Å²) in [5, 5.41) is 2.55. The molecule has 0 N–H and O–H groups in total. The number of carbonyl (C=O) groups is 1. The summed E-state index contributed by atoms with van der Waals surface area (Å²) in [7, 11) is 1.62. The van der Waals surface area contributed by atoms with Gasteiger partial charge in [-0.1, -0.05) is 29.8 Å². The molecule has 0 fully saturated rings. The Labute approximate surface area is 161 Å². The lowest BCUT2D eigenvalue weighted by Gasteiger charge is -2.11. The normalized spacial score (nSPS) is 10.8. The molecule has 3 aromatic rings. The van der Waals surface area contributed by atoms with Crippen molar-refractivity contribution in [3.05, 3.63) is 87.1 Å². The number of allylic oxidation sites excluding steroid dienone is 1. The van der Waals surface area contributed by atoms with Crippen LogP contribution in [-0.4, -0.2) is 12.9 Å². The molecule has 0 unspecified atom stereocenters. The van der Waals surface area contributed by atoms with Crippen LogP contribution in [0.2, 0.25) is 5.02 Å². The summed E-state index contributed by atoms with van der Waals surface area (Å²) in [4.78, 5) is 12.8. The topological polar surface area (TPSA) is 35.5 Å². The van der Waals surface area contributed by atoms with E-state index < -0.39 is 0 Å². The molecule has 0 saturated heterocycles. The van der Waals surface area contributed by atoms with Gasteiger partial charge in [0.25, 0.3) is 0 Å². The zero-order chi connectivity index (χ0) is 18.4. The van der Waals surface area contributed by atoms with Crippen LogP contribution >= 0.6 is 22.9 Å². The summed E-state index contributed by atoms with van der Waals surface area (Å²) in [6, 6.07) is 16.6. The molecule has 5 heteroatoms. The third-order valence-corrected chi connectivity index (χ3v) is 4.84. The number of hydrogen-bond acceptors (Lipinski definition) is 4. The smallest absolute Gasteiger partial charge is 0.195 e. The molecule has 3 rings (SSSR count). The van der Waals surface area contributed by atoms with Crippen molar-refractivity contribution in [1.29, 1.82) is 0 Å². The molecule has 2 aromatic carbocycles. The molecular formula is C21H17ClO3S. The van der Waals surface area contributed by atoms with Gasteiger partial charge in [0.05, 0.1) is 12.0 Å². The third-order valence-electron chi connectivity index (χ3n) is 3.70. The molecule has 26 heavy (non-hydrogen) atoms. The minimum Gasteiger partial charge on any atom is -0.496 e. The molecule has 132 valence electrons. The lowest BCUT2D eigenvalue weighted by atomic mass is 10.1. The fourth-order valence-corrected chi connectivity index (χ4v) is 3.15. The highest BCUT2D eigenvalue weighted by Crippen LogP contribution is 2.24. The summed E-state index contributed by atoms with van der Waals surface area (Å²) in [5.74, 6) is 1.46. The first kappa shape index (κ1) is 18.2. The van der Waals surface area contributed by atoms with Gasteiger partial charge in [-0.3, -0.25) is 4.79 Å². The minimum absolute atomic E-state index is 0.00483. The van der Waals surface area contributed by atoms with Crippen LogP contribution in [0.3, 0.4) is 0 Å². The number of hydrogen-bond donors (Lipinski definition) is 0. The lowest BCUT2D eigenvalue weighted by Crippen LogP contribution is -1.99. The van der Waals surface area contributed by atoms with E-state index in [9.17, 15) is 4.79 Å². The zero-order valence-corrected chi connectivity index (χ0v) is 15.7. The summed E-state index contributed by atoms with van der Waals surface area (Å²) < 4.78 is 11.2. The maximum atomic E-state index is 12.1. The van der Waals surface area contributed by atoms with Gasteiger partial charge in [0.2, 0.25) is 0 Å². The molecule has 0 atom stereocenters. The number of rotatable bonds is 7. The van der Waals surface area contributed by atoms with E-state index in [1.165, 1.54) is 11.3 Å². The molecule has 1 heterocycles. The maximum Gasteiger partial charge on any atom is 0.195 e. The van der Waals surface area contributed by atoms with E-state index in [4.69, 9.17) is 21.1 Å². The Balaban J connectivity index is 1.73. The Morgan fingerprint density at radius 2 is 1.96 bits per heavy atom. The number of benzene rings is 2. The first-order valence-corrected chi connectivity index (χ1v) is 9.22. The third kappa shape index (κ3) is 4.75. The Bertz CT molecular complexity index is 900. The molecule has 0 aliphatic heterocycles. The van der Waals surface area contributed by atoms with Crippen LogP contribution in [0.4, 0.5) is 0 Å². The maximum absolute atomic E-state index is 12.1. The largest absolute Gasteiger partial charge is 0.496 e. The van der Waals surface area contributed by atoms with Crippen LogP contribution in [0.25, 0.3) is 6.08 Å². The molecule has 0 bridgehead atoms. The van der Waals surface area contributed by atoms with Crippen molar-refractivity contribution in [3.8, 4) is 11.5 Å². The van der Waals surface area contributed by atoms with Crippen LogP contribution in [0.1, 0.15) is 20.8 Å². The number of thiophene rings is 1. The number of ether oxygens (including phenoxy) is 2. The van der Waals surface area contributed by atoms with Crippen molar-refractivity contribution in [2.45, 2.75) is 6.61 Å². The zero-order valence-electron chi connectivity index (χ0n) is 14.1. The number of halogens is 1. The Kier molecular flexibility index (Phi) is 6.10. The number of carbonyl (C=O) groups excluding carboxylic acids is 1. The quantitative estimate of drug-likeness (QED) is 0.376. The monoisotopic (exact) mass is 384 g/mol. The molecule has 0 amide bonds. The second-order valence-electron chi connectivity index (χ2n) is 5.49. The Morgan fingerprint density at radius 3 is 2.65 bits per heavy atom. The van der Waals surface area contributed by atoms with Crippen LogP contribution in [0.5, 0.6) is 11.5 Å². The fraction of sp³-hybridized carbons (Fsp3) is 0.0952.